The third-order valence-corrected chi connectivity index (χ3v) is 2.08. The molecule has 0 aliphatic heterocycles. The first-order valence-corrected chi connectivity index (χ1v) is 6.39. The summed E-state index contributed by atoms with van der Waals surface area (Å²) in [5.41, 5.74) is 0. The van der Waals surface area contributed by atoms with Crippen LogP contribution in [0, 0.1) is 0 Å². The molecule has 0 amide bonds. The van der Waals surface area contributed by atoms with Crippen molar-refractivity contribution in [3.05, 3.63) is 0 Å². The molecule has 20 heavy (non-hydrogen) atoms. The Morgan fingerprint density at radius 2 is 1.35 bits per heavy atom. The van der Waals surface area contributed by atoms with Gasteiger partial charge in [0.05, 0.1) is 48.9 Å². The van der Waals surface area contributed by atoms with Crippen molar-refractivity contribution in [2.45, 2.75) is 13.3 Å². The molecule has 0 aromatic heterocycles. The lowest BCUT2D eigenvalue weighted by molar-refractivity contribution is -0.870. The van der Waals surface area contributed by atoms with Crippen LogP contribution in [0.1, 0.15) is 13.3 Å². The number of ether oxygens (including phenoxy) is 1. The van der Waals surface area contributed by atoms with Crippen LogP contribution in [0.25, 0.3) is 0 Å². The molecule has 0 spiro atoms. The highest BCUT2D eigenvalue weighted by atomic mass is 35.5. The Bertz CT molecular complexity index is 227. The van der Waals surface area contributed by atoms with Gasteiger partial charge in [0.15, 0.2) is 0 Å². The van der Waals surface area contributed by atoms with E-state index in [1.165, 1.54) is 0 Å². The van der Waals surface area contributed by atoms with Crippen LogP contribution in [0.2, 0.25) is 0 Å². The molecule has 0 saturated carbocycles. The third kappa shape index (κ3) is 30.7. The normalized spacial score (nSPS) is 10.4. The monoisotopic (exact) mass is 334 g/mol. The summed E-state index contributed by atoms with van der Waals surface area (Å²) in [5.74, 6) is -0.113. The zero-order chi connectivity index (χ0) is 14.8. The van der Waals surface area contributed by atoms with E-state index in [1.54, 1.807) is 6.92 Å². The SMILES string of the molecule is CCC(=O)OCC[N+](C)(C)C.C[N+](C)(C)CCO.[Cl-].[Cl-]. The van der Waals surface area contributed by atoms with Crippen molar-refractivity contribution in [1.29, 1.82) is 0 Å². The maximum Gasteiger partial charge on any atom is 0.305 e. The maximum atomic E-state index is 10.7. The fourth-order valence-corrected chi connectivity index (χ4v) is 0.835. The Kier molecular flexibility index (Phi) is 19.5. The molecule has 0 unspecified atom stereocenters. The summed E-state index contributed by atoms with van der Waals surface area (Å²) in [6.07, 6.45) is 0.469. The molecule has 5 nitrogen and oxygen atoms in total. The molecular weight excluding hydrogens is 303 g/mol. The van der Waals surface area contributed by atoms with Crippen LogP contribution in [-0.4, -0.2) is 88.6 Å². The highest BCUT2D eigenvalue weighted by Gasteiger charge is 2.07. The van der Waals surface area contributed by atoms with Crippen molar-refractivity contribution in [3.8, 4) is 0 Å². The van der Waals surface area contributed by atoms with E-state index >= 15 is 0 Å². The van der Waals surface area contributed by atoms with Gasteiger partial charge in [0.2, 0.25) is 0 Å². The number of quaternary nitrogens is 2. The Balaban J connectivity index is -0.000000126. The second kappa shape index (κ2) is 13.9. The van der Waals surface area contributed by atoms with Gasteiger partial charge in [-0.15, -0.1) is 0 Å². The Labute approximate surface area is 136 Å². The fourth-order valence-electron chi connectivity index (χ4n) is 0.835. The van der Waals surface area contributed by atoms with E-state index in [4.69, 9.17) is 9.84 Å². The number of esters is 1. The van der Waals surface area contributed by atoms with Gasteiger partial charge in [0, 0.05) is 6.42 Å². The summed E-state index contributed by atoms with van der Waals surface area (Å²) in [6.45, 7) is 4.31. The predicted molar refractivity (Wildman–Crippen MR) is 74.1 cm³/mol. The number of nitrogens with zero attached hydrogens (tertiary/aromatic N) is 2. The summed E-state index contributed by atoms with van der Waals surface area (Å²) in [6, 6.07) is 0. The van der Waals surface area contributed by atoms with Crippen molar-refractivity contribution in [1.82, 2.24) is 0 Å². The van der Waals surface area contributed by atoms with Crippen LogP contribution in [0.15, 0.2) is 0 Å². The van der Waals surface area contributed by atoms with E-state index in [2.05, 4.69) is 42.3 Å². The fraction of sp³-hybridized carbons (Fsp3) is 0.923. The number of carbonyl (C=O) groups excluding carboxylic acids is 1. The first kappa shape index (κ1) is 28.1. The minimum absolute atomic E-state index is 0. The van der Waals surface area contributed by atoms with Gasteiger partial charge >= 0.3 is 5.97 Å². The Morgan fingerprint density at radius 3 is 1.55 bits per heavy atom. The molecular formula is C13H32Cl2N2O3. The van der Waals surface area contributed by atoms with Crippen LogP contribution in [0.3, 0.4) is 0 Å². The minimum atomic E-state index is -0.113. The van der Waals surface area contributed by atoms with Gasteiger partial charge in [-0.3, -0.25) is 4.79 Å². The molecule has 126 valence electrons. The molecule has 0 saturated heterocycles. The van der Waals surface area contributed by atoms with Crippen molar-refractivity contribution in [3.63, 3.8) is 0 Å². The van der Waals surface area contributed by atoms with E-state index in [0.29, 0.717) is 13.0 Å². The van der Waals surface area contributed by atoms with E-state index in [1.807, 2.05) is 0 Å². The largest absolute Gasteiger partial charge is 1.00 e. The number of likely N-dealkylation sites (N-methyl/N-ethyl adjacent to an activating group) is 2. The number of aliphatic hydroxyl groups excluding tert-OH is 1. The van der Waals surface area contributed by atoms with Crippen LogP contribution in [-0.2, 0) is 9.53 Å². The summed E-state index contributed by atoms with van der Waals surface area (Å²) < 4.78 is 6.59. The lowest BCUT2D eigenvalue weighted by atomic mass is 10.5. The van der Waals surface area contributed by atoms with Gasteiger partial charge in [-0.2, -0.15) is 0 Å². The number of halogens is 2. The smallest absolute Gasteiger partial charge is 0.305 e. The molecule has 0 atom stereocenters. The summed E-state index contributed by atoms with van der Waals surface area (Å²) in [5, 5.41) is 8.39. The second-order valence-electron chi connectivity index (χ2n) is 6.33. The standard InChI is InChI=1S/C8H18NO2.C5H14NO.2ClH/c1-5-8(10)11-7-6-9(2,3)4;1-6(2,3)4-5-7;;/h5-7H2,1-4H3;7H,4-5H2,1-3H3;2*1H/q2*+1;;/p-2. The Hall–Kier alpha value is -0.0700. The quantitative estimate of drug-likeness (QED) is 0.389. The zero-order valence-electron chi connectivity index (χ0n) is 13.9. The van der Waals surface area contributed by atoms with Crippen molar-refractivity contribution in [2.24, 2.45) is 0 Å². The third-order valence-electron chi connectivity index (χ3n) is 2.08. The second-order valence-corrected chi connectivity index (χ2v) is 6.33. The maximum absolute atomic E-state index is 10.7. The van der Waals surface area contributed by atoms with Crippen LogP contribution in [0.5, 0.6) is 0 Å². The van der Waals surface area contributed by atoms with E-state index < -0.39 is 0 Å². The lowest BCUT2D eigenvalue weighted by Gasteiger charge is -2.23. The van der Waals surface area contributed by atoms with E-state index in [0.717, 1.165) is 22.1 Å². The zero-order valence-corrected chi connectivity index (χ0v) is 15.5. The summed E-state index contributed by atoms with van der Waals surface area (Å²) in [4.78, 5) is 10.7. The predicted octanol–water partition coefficient (Wildman–Crippen LogP) is -5.66. The summed E-state index contributed by atoms with van der Waals surface area (Å²) in [7, 11) is 12.4. The van der Waals surface area contributed by atoms with Gasteiger partial charge in [0.1, 0.15) is 19.7 Å². The number of rotatable bonds is 6. The molecule has 7 heteroatoms. The van der Waals surface area contributed by atoms with Crippen molar-refractivity contribution in [2.75, 3.05) is 68.6 Å². The molecule has 0 heterocycles. The molecule has 1 N–H and O–H groups in total. The highest BCUT2D eigenvalue weighted by Crippen LogP contribution is 1.91. The first-order chi connectivity index (χ1) is 8.02. The van der Waals surface area contributed by atoms with Crippen LogP contribution in [0.4, 0.5) is 0 Å². The topological polar surface area (TPSA) is 46.5 Å². The Morgan fingerprint density at radius 1 is 0.950 bits per heavy atom. The number of hydrogen-bond donors (Lipinski definition) is 1. The number of hydrogen-bond acceptors (Lipinski definition) is 3. The first-order valence-electron chi connectivity index (χ1n) is 6.39. The molecule has 0 aromatic carbocycles. The average Bonchev–Trinajstić information content (AvgIpc) is 2.14. The van der Waals surface area contributed by atoms with Gasteiger partial charge in [-0.1, -0.05) is 6.92 Å². The average molecular weight is 335 g/mol. The molecule has 0 aliphatic rings. The van der Waals surface area contributed by atoms with Crippen LogP contribution < -0.4 is 24.8 Å². The van der Waals surface area contributed by atoms with E-state index in [-0.39, 0.29) is 37.4 Å². The molecule has 0 aromatic rings. The number of carbonyl (C=O) groups is 1. The van der Waals surface area contributed by atoms with Crippen molar-refractivity contribution < 1.29 is 48.4 Å². The molecule has 0 fully saturated rings. The minimum Gasteiger partial charge on any atom is -1.00 e. The van der Waals surface area contributed by atoms with Crippen molar-refractivity contribution >= 4 is 5.97 Å². The van der Waals surface area contributed by atoms with E-state index in [9.17, 15) is 4.79 Å². The van der Waals surface area contributed by atoms with Gasteiger partial charge < -0.3 is 43.6 Å². The van der Waals surface area contributed by atoms with Gasteiger partial charge in [-0.05, 0) is 0 Å². The molecule has 0 bridgehead atoms. The summed E-state index contributed by atoms with van der Waals surface area (Å²) >= 11 is 0. The molecule has 0 aliphatic carbocycles. The molecule has 0 rings (SSSR count). The highest BCUT2D eigenvalue weighted by molar-refractivity contribution is 5.68. The van der Waals surface area contributed by atoms with Crippen LogP contribution >= 0.6 is 0 Å². The van der Waals surface area contributed by atoms with Gasteiger partial charge in [-0.25, -0.2) is 0 Å². The lowest BCUT2D eigenvalue weighted by Crippen LogP contribution is -3.00. The van der Waals surface area contributed by atoms with Gasteiger partial charge in [0.25, 0.3) is 0 Å². The molecule has 0 radical (unpaired) electrons. The number of aliphatic hydroxyl groups is 1.